The van der Waals surface area contributed by atoms with Gasteiger partial charge in [-0.1, -0.05) is 0 Å². The first kappa shape index (κ1) is 16.4. The third kappa shape index (κ3) is 3.45. The maximum atomic E-state index is 12.6. The van der Waals surface area contributed by atoms with Gasteiger partial charge in [0.15, 0.2) is 0 Å². The third-order valence-electron chi connectivity index (χ3n) is 3.76. The number of carbonyl (C=O) groups excluding carboxylic acids is 2. The zero-order valence-corrected chi connectivity index (χ0v) is 13.1. The molecule has 1 aromatic heterocycles. The van der Waals surface area contributed by atoms with Crippen LogP contribution in [0.1, 0.15) is 22.5 Å². The van der Waals surface area contributed by atoms with Crippen LogP contribution in [0, 0.1) is 6.92 Å². The Kier molecular flexibility index (Phi) is 5.15. The lowest BCUT2D eigenvalue weighted by molar-refractivity contribution is -0.150. The molecule has 2 heterocycles. The smallest absolute Gasteiger partial charge is 0.257 e. The number of rotatable bonds is 5. The van der Waals surface area contributed by atoms with Crippen LogP contribution in [-0.4, -0.2) is 73.0 Å². The highest BCUT2D eigenvalue weighted by molar-refractivity contribution is 5.95. The number of H-pyrrole nitrogens is 1. The highest BCUT2D eigenvalue weighted by Gasteiger charge is 2.40. The van der Waals surface area contributed by atoms with E-state index in [0.29, 0.717) is 25.3 Å². The first-order chi connectivity index (χ1) is 10.5. The number of carbonyl (C=O) groups is 2. The van der Waals surface area contributed by atoms with Gasteiger partial charge in [-0.05, 0) is 6.92 Å². The van der Waals surface area contributed by atoms with Crippen molar-refractivity contribution in [2.45, 2.75) is 18.9 Å². The number of hydrogen-bond donors (Lipinski definition) is 2. The highest BCUT2D eigenvalue weighted by atomic mass is 16.5. The summed E-state index contributed by atoms with van der Waals surface area (Å²) in [5.74, 6) is -0.266. The second-order valence-corrected chi connectivity index (χ2v) is 5.45. The van der Waals surface area contributed by atoms with Crippen molar-refractivity contribution in [3.8, 4) is 0 Å². The molecule has 1 saturated heterocycles. The Bertz CT molecular complexity index is 541. The van der Waals surface area contributed by atoms with Gasteiger partial charge < -0.3 is 19.7 Å². The van der Waals surface area contributed by atoms with Crippen LogP contribution in [0.25, 0.3) is 0 Å². The number of aromatic nitrogens is 2. The van der Waals surface area contributed by atoms with Crippen molar-refractivity contribution in [3.05, 3.63) is 17.5 Å². The van der Waals surface area contributed by atoms with E-state index in [4.69, 9.17) is 9.47 Å². The monoisotopic (exact) mass is 310 g/mol. The van der Waals surface area contributed by atoms with Crippen molar-refractivity contribution in [1.82, 2.24) is 20.4 Å². The second-order valence-electron chi connectivity index (χ2n) is 5.45. The number of aromatic amines is 1. The fraction of sp³-hybridized carbons (Fsp3) is 0.643. The summed E-state index contributed by atoms with van der Waals surface area (Å²) in [6.45, 7) is 3.19. The predicted octanol–water partition coefficient (Wildman–Crippen LogP) is -0.288. The molecule has 0 aromatic carbocycles. The van der Waals surface area contributed by atoms with Crippen LogP contribution in [0.5, 0.6) is 0 Å². The third-order valence-corrected chi connectivity index (χ3v) is 3.76. The van der Waals surface area contributed by atoms with Gasteiger partial charge in [-0.3, -0.25) is 14.7 Å². The van der Waals surface area contributed by atoms with E-state index in [0.717, 1.165) is 5.69 Å². The van der Waals surface area contributed by atoms with Gasteiger partial charge in [0.05, 0.1) is 37.9 Å². The van der Waals surface area contributed by atoms with Gasteiger partial charge in [-0.25, -0.2) is 0 Å². The number of hydrogen-bond acceptors (Lipinski definition) is 5. The molecule has 2 N–H and O–H groups in total. The Morgan fingerprint density at radius 2 is 2.36 bits per heavy atom. The van der Waals surface area contributed by atoms with Crippen LogP contribution in [0.4, 0.5) is 0 Å². The van der Waals surface area contributed by atoms with Crippen molar-refractivity contribution < 1.29 is 19.1 Å². The fourth-order valence-corrected chi connectivity index (χ4v) is 2.64. The number of nitrogens with zero attached hydrogens (tertiary/aromatic N) is 2. The molecule has 0 spiro atoms. The van der Waals surface area contributed by atoms with Crippen molar-refractivity contribution in [2.24, 2.45) is 0 Å². The Labute approximate surface area is 129 Å². The zero-order valence-electron chi connectivity index (χ0n) is 13.1. The standard InChI is InChI=1S/C14H22N4O4/c1-10-11(7-16-17-10)13(20)18-4-5-22-14(8-18,9-21-3)6-12(19)15-2/h7H,4-6,8-9H2,1-3H3,(H,15,19)(H,16,17)/t14-/m1/s1. The van der Waals surface area contributed by atoms with Gasteiger partial charge in [0.2, 0.25) is 5.91 Å². The highest BCUT2D eigenvalue weighted by Crippen LogP contribution is 2.24. The number of amides is 2. The largest absolute Gasteiger partial charge is 0.382 e. The molecule has 122 valence electrons. The summed E-state index contributed by atoms with van der Waals surface area (Å²) in [4.78, 5) is 26.0. The van der Waals surface area contributed by atoms with Gasteiger partial charge in [0.1, 0.15) is 5.60 Å². The van der Waals surface area contributed by atoms with Crippen LogP contribution >= 0.6 is 0 Å². The maximum absolute atomic E-state index is 12.6. The molecule has 8 heteroatoms. The molecule has 1 aliphatic heterocycles. The quantitative estimate of drug-likeness (QED) is 0.779. The molecule has 2 rings (SSSR count). The van der Waals surface area contributed by atoms with E-state index in [-0.39, 0.29) is 24.8 Å². The molecule has 1 fully saturated rings. The lowest BCUT2D eigenvalue weighted by Crippen LogP contribution is -2.57. The molecule has 8 nitrogen and oxygen atoms in total. The Morgan fingerprint density at radius 1 is 1.59 bits per heavy atom. The molecule has 0 bridgehead atoms. The molecular formula is C14H22N4O4. The van der Waals surface area contributed by atoms with Gasteiger partial charge in [0.25, 0.3) is 5.91 Å². The van der Waals surface area contributed by atoms with E-state index in [1.165, 1.54) is 6.20 Å². The number of ether oxygens (including phenoxy) is 2. The van der Waals surface area contributed by atoms with E-state index in [1.807, 2.05) is 0 Å². The normalized spacial score (nSPS) is 21.7. The molecular weight excluding hydrogens is 288 g/mol. The summed E-state index contributed by atoms with van der Waals surface area (Å²) < 4.78 is 11.0. The molecule has 0 unspecified atom stereocenters. The summed E-state index contributed by atoms with van der Waals surface area (Å²) in [5, 5.41) is 9.22. The summed E-state index contributed by atoms with van der Waals surface area (Å²) in [6.07, 6.45) is 1.66. The molecule has 22 heavy (non-hydrogen) atoms. The lowest BCUT2D eigenvalue weighted by Gasteiger charge is -2.42. The zero-order chi connectivity index (χ0) is 16.2. The van der Waals surface area contributed by atoms with Crippen LogP contribution in [0.2, 0.25) is 0 Å². The van der Waals surface area contributed by atoms with E-state index in [2.05, 4.69) is 15.5 Å². The van der Waals surface area contributed by atoms with Crippen LogP contribution < -0.4 is 5.32 Å². The summed E-state index contributed by atoms with van der Waals surface area (Å²) >= 11 is 0. The van der Waals surface area contributed by atoms with E-state index >= 15 is 0 Å². The number of morpholine rings is 1. The van der Waals surface area contributed by atoms with Gasteiger partial charge in [0, 0.05) is 26.4 Å². The van der Waals surface area contributed by atoms with E-state index in [1.54, 1.807) is 26.0 Å². The SMILES string of the molecule is CNC(=O)C[C@]1(COC)CN(C(=O)c2cn[nH]c2C)CCO1. The molecule has 1 aliphatic rings. The van der Waals surface area contributed by atoms with Gasteiger partial charge in [-0.15, -0.1) is 0 Å². The minimum absolute atomic E-state index is 0.119. The summed E-state index contributed by atoms with van der Waals surface area (Å²) in [7, 11) is 3.12. The Morgan fingerprint density at radius 3 is 2.95 bits per heavy atom. The minimum Gasteiger partial charge on any atom is -0.382 e. The second kappa shape index (κ2) is 6.89. The minimum atomic E-state index is -0.819. The average Bonchev–Trinajstić information content (AvgIpc) is 2.93. The van der Waals surface area contributed by atoms with Crippen molar-refractivity contribution in [2.75, 3.05) is 40.5 Å². The van der Waals surface area contributed by atoms with E-state index in [9.17, 15) is 9.59 Å². The summed E-state index contributed by atoms with van der Waals surface area (Å²) in [5.41, 5.74) is 0.439. The van der Waals surface area contributed by atoms with Gasteiger partial charge >= 0.3 is 0 Å². The Balaban J connectivity index is 2.16. The Hall–Kier alpha value is -1.93. The van der Waals surface area contributed by atoms with Crippen LogP contribution in [0.3, 0.4) is 0 Å². The number of aryl methyl sites for hydroxylation is 1. The summed E-state index contributed by atoms with van der Waals surface area (Å²) in [6, 6.07) is 0. The van der Waals surface area contributed by atoms with Gasteiger partial charge in [-0.2, -0.15) is 5.10 Å². The first-order valence-corrected chi connectivity index (χ1v) is 7.14. The molecule has 1 atom stereocenters. The number of methoxy groups -OCH3 is 1. The van der Waals surface area contributed by atoms with Crippen molar-refractivity contribution >= 4 is 11.8 Å². The van der Waals surface area contributed by atoms with E-state index < -0.39 is 5.60 Å². The fourth-order valence-electron chi connectivity index (χ4n) is 2.64. The van der Waals surface area contributed by atoms with Crippen LogP contribution in [-0.2, 0) is 14.3 Å². The molecule has 0 aliphatic carbocycles. The number of nitrogens with one attached hydrogen (secondary N) is 2. The molecule has 0 saturated carbocycles. The lowest BCUT2D eigenvalue weighted by atomic mass is 9.97. The molecule has 1 aromatic rings. The topological polar surface area (TPSA) is 96.5 Å². The molecule has 2 amide bonds. The van der Waals surface area contributed by atoms with Crippen molar-refractivity contribution in [3.63, 3.8) is 0 Å². The first-order valence-electron chi connectivity index (χ1n) is 7.14. The molecule has 0 radical (unpaired) electrons. The maximum Gasteiger partial charge on any atom is 0.257 e. The predicted molar refractivity (Wildman–Crippen MR) is 78.5 cm³/mol. The average molecular weight is 310 g/mol. The van der Waals surface area contributed by atoms with Crippen molar-refractivity contribution in [1.29, 1.82) is 0 Å². The van der Waals surface area contributed by atoms with Crippen LogP contribution in [0.15, 0.2) is 6.20 Å².